The first-order valence-corrected chi connectivity index (χ1v) is 14.3. The average Bonchev–Trinajstić information content (AvgIpc) is 3.44. The minimum atomic E-state index is -0.339. The van der Waals surface area contributed by atoms with Crippen LogP contribution < -0.4 is 10.6 Å². The largest absolute Gasteiger partial charge is 0.379 e. The first kappa shape index (κ1) is 28.2. The zero-order chi connectivity index (χ0) is 28.1. The Morgan fingerprint density at radius 1 is 1.12 bits per heavy atom. The molecule has 4 heterocycles. The van der Waals surface area contributed by atoms with Crippen LogP contribution in [0.1, 0.15) is 47.6 Å². The Morgan fingerprint density at radius 3 is 2.62 bits per heavy atom. The molecule has 0 radical (unpaired) electrons. The molecular formula is C30H37FN6O2S. The van der Waals surface area contributed by atoms with Crippen molar-refractivity contribution in [2.75, 3.05) is 44.7 Å². The second-order valence-corrected chi connectivity index (χ2v) is 10.8. The van der Waals surface area contributed by atoms with Crippen molar-refractivity contribution in [3.63, 3.8) is 0 Å². The molecule has 1 aromatic carbocycles. The molecule has 2 atom stereocenters. The van der Waals surface area contributed by atoms with E-state index < -0.39 is 0 Å². The third-order valence-corrected chi connectivity index (χ3v) is 8.15. The fraction of sp³-hybridized carbons (Fsp3) is 0.433. The van der Waals surface area contributed by atoms with Crippen molar-refractivity contribution in [3.8, 4) is 0 Å². The van der Waals surface area contributed by atoms with E-state index in [4.69, 9.17) is 17.0 Å². The summed E-state index contributed by atoms with van der Waals surface area (Å²) in [5.74, 6) is -0.489. The van der Waals surface area contributed by atoms with Gasteiger partial charge in [0.1, 0.15) is 5.82 Å². The van der Waals surface area contributed by atoms with Crippen molar-refractivity contribution in [1.29, 1.82) is 0 Å². The highest BCUT2D eigenvalue weighted by molar-refractivity contribution is 7.80. The number of nitrogens with one attached hydrogen (secondary N) is 2. The number of carbonyl (C=O) groups is 1. The summed E-state index contributed by atoms with van der Waals surface area (Å²) in [5.41, 5.74) is 5.08. The number of hydrogen-bond acceptors (Lipinski definition) is 5. The second-order valence-electron chi connectivity index (χ2n) is 10.4. The van der Waals surface area contributed by atoms with Gasteiger partial charge in [0.15, 0.2) is 5.11 Å². The Kier molecular flexibility index (Phi) is 9.08. The van der Waals surface area contributed by atoms with Gasteiger partial charge in [-0.2, -0.15) is 0 Å². The Labute approximate surface area is 240 Å². The number of ether oxygens (including phenoxy) is 1. The molecule has 2 N–H and O–H groups in total. The second kappa shape index (κ2) is 12.9. The molecule has 8 nitrogen and oxygen atoms in total. The summed E-state index contributed by atoms with van der Waals surface area (Å²) in [6.07, 6.45) is 3.10. The number of anilines is 1. The molecule has 0 bridgehead atoms. The quantitative estimate of drug-likeness (QED) is 0.355. The number of hydrogen-bond donors (Lipinski definition) is 2. The molecule has 2 aliphatic rings. The van der Waals surface area contributed by atoms with E-state index in [1.165, 1.54) is 29.1 Å². The molecule has 2 aliphatic heterocycles. The highest BCUT2D eigenvalue weighted by Gasteiger charge is 2.41. The number of aromatic nitrogens is 2. The maximum atomic E-state index is 13.3. The fourth-order valence-corrected chi connectivity index (χ4v) is 6.04. The minimum absolute atomic E-state index is 0.111. The number of carbonyl (C=O) groups excluding carboxylic acids is 1. The molecular weight excluding hydrogens is 527 g/mol. The molecule has 2 saturated heterocycles. The van der Waals surface area contributed by atoms with E-state index in [0.717, 1.165) is 51.5 Å². The summed E-state index contributed by atoms with van der Waals surface area (Å²) < 4.78 is 21.1. The van der Waals surface area contributed by atoms with E-state index in [9.17, 15) is 9.18 Å². The lowest BCUT2D eigenvalue weighted by molar-refractivity contribution is -0.116. The Bertz CT molecular complexity index is 1310. The van der Waals surface area contributed by atoms with Gasteiger partial charge in [0, 0.05) is 62.4 Å². The van der Waals surface area contributed by atoms with E-state index in [1.807, 2.05) is 18.2 Å². The van der Waals surface area contributed by atoms with Gasteiger partial charge in [-0.3, -0.25) is 14.7 Å². The van der Waals surface area contributed by atoms with Gasteiger partial charge in [-0.25, -0.2) is 4.39 Å². The molecule has 40 heavy (non-hydrogen) atoms. The van der Waals surface area contributed by atoms with E-state index >= 15 is 0 Å². The Balaban J connectivity index is 1.34. The summed E-state index contributed by atoms with van der Waals surface area (Å²) in [6, 6.07) is 13.7. The predicted molar refractivity (Wildman–Crippen MR) is 158 cm³/mol. The number of benzene rings is 1. The Hall–Kier alpha value is -3.34. The van der Waals surface area contributed by atoms with E-state index in [-0.39, 0.29) is 30.2 Å². The fourth-order valence-electron chi connectivity index (χ4n) is 5.71. The lowest BCUT2D eigenvalue weighted by atomic mass is 9.96. The van der Waals surface area contributed by atoms with Crippen LogP contribution in [0.3, 0.4) is 0 Å². The van der Waals surface area contributed by atoms with Crippen molar-refractivity contribution >= 4 is 28.9 Å². The lowest BCUT2D eigenvalue weighted by Crippen LogP contribution is -2.37. The number of halogens is 1. The van der Waals surface area contributed by atoms with Crippen molar-refractivity contribution in [3.05, 3.63) is 83.2 Å². The van der Waals surface area contributed by atoms with Gasteiger partial charge >= 0.3 is 0 Å². The van der Waals surface area contributed by atoms with Crippen LogP contribution in [-0.2, 0) is 16.1 Å². The SMILES string of the molecule is Cc1cc([C@@H]2[C@H](c3ccccn3)NC(=S)N2CCC(=O)Nc2ccc(F)cc2)c(C)n1CCCN1CCOCC1. The van der Waals surface area contributed by atoms with Gasteiger partial charge in [-0.1, -0.05) is 6.07 Å². The van der Waals surface area contributed by atoms with Crippen molar-refractivity contribution in [2.45, 2.75) is 45.3 Å². The van der Waals surface area contributed by atoms with Gasteiger partial charge in [-0.15, -0.1) is 0 Å². The molecule has 0 unspecified atom stereocenters. The number of aryl methyl sites for hydroxylation is 1. The van der Waals surface area contributed by atoms with Crippen molar-refractivity contribution in [2.24, 2.45) is 0 Å². The van der Waals surface area contributed by atoms with Crippen LogP contribution in [0.2, 0.25) is 0 Å². The van der Waals surface area contributed by atoms with Gasteiger partial charge in [0.05, 0.1) is 31.0 Å². The smallest absolute Gasteiger partial charge is 0.226 e. The van der Waals surface area contributed by atoms with Crippen molar-refractivity contribution < 1.29 is 13.9 Å². The Morgan fingerprint density at radius 2 is 1.90 bits per heavy atom. The zero-order valence-corrected chi connectivity index (χ0v) is 23.9. The third-order valence-electron chi connectivity index (χ3n) is 7.80. The number of amides is 1. The summed E-state index contributed by atoms with van der Waals surface area (Å²) in [7, 11) is 0. The summed E-state index contributed by atoms with van der Waals surface area (Å²) in [5, 5.41) is 6.94. The maximum absolute atomic E-state index is 13.3. The molecule has 10 heteroatoms. The highest BCUT2D eigenvalue weighted by Crippen LogP contribution is 2.41. The summed E-state index contributed by atoms with van der Waals surface area (Å²) in [6.45, 7) is 10.4. The molecule has 2 aromatic heterocycles. The van der Waals surface area contributed by atoms with Crippen LogP contribution in [0, 0.1) is 19.7 Å². The van der Waals surface area contributed by atoms with Gasteiger partial charge in [-0.05, 0) is 80.5 Å². The van der Waals surface area contributed by atoms with Crippen LogP contribution in [-0.4, -0.2) is 69.8 Å². The number of morpholine rings is 1. The average molecular weight is 565 g/mol. The standard InChI is InChI=1S/C30H37FN6O2S/c1-21-20-25(22(2)36(21)14-5-13-35-16-18-39-19-17-35)29-28(26-6-3-4-12-32-26)34-30(40)37(29)15-11-27(38)33-24-9-7-23(31)8-10-24/h3-4,6-10,12,20,28-29H,5,11,13-19H2,1-2H3,(H,33,38)(H,34,40)/t28-,29+/m0/s1. The molecule has 212 valence electrons. The molecule has 2 fully saturated rings. The molecule has 1 amide bonds. The van der Waals surface area contributed by atoms with Crippen LogP contribution in [0.4, 0.5) is 10.1 Å². The first-order chi connectivity index (χ1) is 19.4. The number of thiocarbonyl (C=S) groups is 1. The summed E-state index contributed by atoms with van der Waals surface area (Å²) >= 11 is 5.81. The predicted octanol–water partition coefficient (Wildman–Crippen LogP) is 4.36. The molecule has 0 aliphatic carbocycles. The monoisotopic (exact) mass is 564 g/mol. The maximum Gasteiger partial charge on any atom is 0.226 e. The van der Waals surface area contributed by atoms with Crippen molar-refractivity contribution in [1.82, 2.24) is 24.7 Å². The number of pyridine rings is 1. The van der Waals surface area contributed by atoms with Crippen LogP contribution >= 0.6 is 12.2 Å². The van der Waals surface area contributed by atoms with E-state index in [1.54, 1.807) is 18.3 Å². The number of nitrogens with zero attached hydrogens (tertiary/aromatic N) is 4. The van der Waals surface area contributed by atoms with Crippen LogP contribution in [0.15, 0.2) is 54.7 Å². The zero-order valence-electron chi connectivity index (χ0n) is 23.1. The third kappa shape index (κ3) is 6.51. The first-order valence-electron chi connectivity index (χ1n) is 13.9. The molecule has 0 spiro atoms. The van der Waals surface area contributed by atoms with Gasteiger partial charge in [0.25, 0.3) is 0 Å². The molecule has 0 saturated carbocycles. The van der Waals surface area contributed by atoms with E-state index in [0.29, 0.717) is 17.3 Å². The van der Waals surface area contributed by atoms with Crippen LogP contribution in [0.5, 0.6) is 0 Å². The lowest BCUT2D eigenvalue weighted by Gasteiger charge is -2.28. The molecule has 3 aromatic rings. The highest BCUT2D eigenvalue weighted by atomic mass is 32.1. The van der Waals surface area contributed by atoms with E-state index in [2.05, 4.69) is 49.9 Å². The van der Waals surface area contributed by atoms with Crippen LogP contribution in [0.25, 0.3) is 0 Å². The topological polar surface area (TPSA) is 74.7 Å². The normalized spacial score (nSPS) is 19.6. The van der Waals surface area contributed by atoms with Gasteiger partial charge < -0.3 is 24.8 Å². The summed E-state index contributed by atoms with van der Waals surface area (Å²) in [4.78, 5) is 22.0. The minimum Gasteiger partial charge on any atom is -0.379 e. The van der Waals surface area contributed by atoms with Gasteiger partial charge in [0.2, 0.25) is 5.91 Å². The number of rotatable bonds is 10. The molecule has 5 rings (SSSR count).